The van der Waals surface area contributed by atoms with Gasteiger partial charge in [0.1, 0.15) is 11.3 Å². The fraction of sp³-hybridized carbons (Fsp3) is 0.333. The number of fused-ring (bicyclic) bond motifs is 1. The lowest BCUT2D eigenvalue weighted by Crippen LogP contribution is -2.44. The number of aryl methyl sites for hydroxylation is 2. The van der Waals surface area contributed by atoms with Crippen LogP contribution in [0.25, 0.3) is 17.0 Å². The Morgan fingerprint density at radius 1 is 1.18 bits per heavy atom. The van der Waals surface area contributed by atoms with Crippen molar-refractivity contribution in [3.8, 4) is 11.4 Å². The smallest absolute Gasteiger partial charge is 0.274 e. The minimum absolute atomic E-state index is 0.216. The van der Waals surface area contributed by atoms with Crippen LogP contribution in [0.1, 0.15) is 27.5 Å². The average molecular weight is 446 g/mol. The Hall–Kier alpha value is -3.56. The first-order valence-corrected chi connectivity index (χ1v) is 11.2. The molecular weight excluding hydrogens is 418 g/mol. The molecule has 0 atom stereocenters. The van der Waals surface area contributed by atoms with E-state index in [0.29, 0.717) is 23.1 Å². The van der Waals surface area contributed by atoms with Crippen molar-refractivity contribution >= 4 is 17.2 Å². The van der Waals surface area contributed by atoms with Crippen LogP contribution in [0.4, 0.5) is 5.69 Å². The van der Waals surface area contributed by atoms with Gasteiger partial charge in [-0.05, 0) is 36.6 Å². The molecule has 33 heavy (non-hydrogen) atoms. The van der Waals surface area contributed by atoms with Gasteiger partial charge in [-0.15, -0.1) is 0 Å². The molecule has 4 heterocycles. The molecule has 5 rings (SSSR count). The third-order valence-electron chi connectivity index (χ3n) is 6.00. The Morgan fingerprint density at radius 3 is 2.82 bits per heavy atom. The molecule has 3 aromatic heterocycles. The molecule has 4 aromatic rings. The van der Waals surface area contributed by atoms with Gasteiger partial charge in [0.05, 0.1) is 6.20 Å². The molecule has 0 unspecified atom stereocenters. The molecule has 9 nitrogen and oxygen atoms in total. The number of imidazole rings is 1. The number of pyridine rings is 1. The van der Waals surface area contributed by atoms with Crippen LogP contribution in [-0.2, 0) is 6.42 Å². The van der Waals surface area contributed by atoms with Gasteiger partial charge in [0.2, 0.25) is 11.7 Å². The molecule has 1 aliphatic rings. The number of piperazine rings is 1. The summed E-state index contributed by atoms with van der Waals surface area (Å²) in [4.78, 5) is 24.3. The third kappa shape index (κ3) is 4.64. The topological polar surface area (TPSA) is 101 Å². The van der Waals surface area contributed by atoms with E-state index in [1.54, 1.807) is 13.1 Å². The second-order valence-corrected chi connectivity index (χ2v) is 8.37. The molecule has 0 radical (unpaired) electrons. The summed E-state index contributed by atoms with van der Waals surface area (Å²) in [5.41, 5.74) is 4.84. The van der Waals surface area contributed by atoms with Gasteiger partial charge in [0, 0.05) is 57.1 Å². The Bertz CT molecular complexity index is 1290. The molecule has 1 saturated heterocycles. The summed E-state index contributed by atoms with van der Waals surface area (Å²) in [6, 6.07) is 9.76. The summed E-state index contributed by atoms with van der Waals surface area (Å²) in [7, 11) is 0. The monoisotopic (exact) mass is 445 g/mol. The molecule has 9 heteroatoms. The van der Waals surface area contributed by atoms with Crippen molar-refractivity contribution in [3.63, 3.8) is 0 Å². The van der Waals surface area contributed by atoms with E-state index in [-0.39, 0.29) is 5.91 Å². The minimum atomic E-state index is -0.216. The quantitative estimate of drug-likeness (QED) is 0.471. The van der Waals surface area contributed by atoms with Gasteiger partial charge in [-0.25, -0.2) is 4.98 Å². The lowest BCUT2D eigenvalue weighted by atomic mass is 10.1. The van der Waals surface area contributed by atoms with Crippen LogP contribution in [0, 0.1) is 13.8 Å². The van der Waals surface area contributed by atoms with E-state index < -0.39 is 0 Å². The number of amides is 1. The predicted molar refractivity (Wildman–Crippen MR) is 125 cm³/mol. The first-order chi connectivity index (χ1) is 16.1. The fourth-order valence-corrected chi connectivity index (χ4v) is 4.06. The highest BCUT2D eigenvalue weighted by Crippen LogP contribution is 2.24. The number of aromatic nitrogens is 4. The third-order valence-corrected chi connectivity index (χ3v) is 6.00. The number of anilines is 1. The number of rotatable bonds is 6. The van der Waals surface area contributed by atoms with E-state index >= 15 is 0 Å². The summed E-state index contributed by atoms with van der Waals surface area (Å²) in [5, 5.41) is 10.4. The number of hydrogen-bond acceptors (Lipinski definition) is 7. The first kappa shape index (κ1) is 21.3. The molecule has 0 saturated carbocycles. The average Bonchev–Trinajstić information content (AvgIpc) is 3.46. The molecule has 0 aliphatic carbocycles. The van der Waals surface area contributed by atoms with Crippen molar-refractivity contribution in [1.82, 2.24) is 29.7 Å². The SMILES string of the molecule is Cc1nc(-c2ccc(C)c(NC(=O)c3cnc4ccc(CCN5CCNCC5)cn34)c2)no1. The van der Waals surface area contributed by atoms with Crippen LogP contribution in [0.5, 0.6) is 0 Å². The zero-order chi connectivity index (χ0) is 22.8. The van der Waals surface area contributed by atoms with Crippen molar-refractivity contribution in [3.05, 3.63) is 65.4 Å². The highest BCUT2D eigenvalue weighted by molar-refractivity contribution is 6.04. The van der Waals surface area contributed by atoms with Gasteiger partial charge >= 0.3 is 0 Å². The normalized spacial score (nSPS) is 14.6. The summed E-state index contributed by atoms with van der Waals surface area (Å²) >= 11 is 0. The Morgan fingerprint density at radius 2 is 2.03 bits per heavy atom. The van der Waals surface area contributed by atoms with Crippen LogP contribution in [0.15, 0.2) is 47.2 Å². The molecule has 2 N–H and O–H groups in total. The molecule has 1 aromatic carbocycles. The molecular formula is C24H27N7O2. The standard InChI is InChI=1S/C24H27N7O2/c1-16-3-5-19(23-27-17(2)33-29-23)13-20(16)28-24(32)21-14-26-22-6-4-18(15-31(21)22)7-10-30-11-8-25-9-12-30/h3-6,13-15,25H,7-12H2,1-2H3,(H,28,32). The number of benzene rings is 1. The Labute approximate surface area is 191 Å². The van der Waals surface area contributed by atoms with Crippen LogP contribution < -0.4 is 10.6 Å². The van der Waals surface area contributed by atoms with Crippen molar-refractivity contribution in [2.75, 3.05) is 38.0 Å². The van der Waals surface area contributed by atoms with E-state index in [4.69, 9.17) is 4.52 Å². The van der Waals surface area contributed by atoms with Gasteiger partial charge < -0.3 is 20.1 Å². The van der Waals surface area contributed by atoms with Gasteiger partial charge in [-0.1, -0.05) is 23.4 Å². The molecule has 1 amide bonds. The van der Waals surface area contributed by atoms with E-state index in [9.17, 15) is 4.79 Å². The Balaban J connectivity index is 1.35. The predicted octanol–water partition coefficient (Wildman–Crippen LogP) is 2.70. The van der Waals surface area contributed by atoms with Crippen LogP contribution >= 0.6 is 0 Å². The summed E-state index contributed by atoms with van der Waals surface area (Å²) in [5.74, 6) is 0.771. The van der Waals surface area contributed by atoms with Crippen LogP contribution in [0.2, 0.25) is 0 Å². The maximum absolute atomic E-state index is 13.2. The van der Waals surface area contributed by atoms with Crippen molar-refractivity contribution in [2.45, 2.75) is 20.3 Å². The summed E-state index contributed by atoms with van der Waals surface area (Å²) < 4.78 is 6.95. The van der Waals surface area contributed by atoms with Crippen molar-refractivity contribution in [1.29, 1.82) is 0 Å². The maximum atomic E-state index is 13.2. The number of nitrogens with zero attached hydrogens (tertiary/aromatic N) is 5. The molecule has 170 valence electrons. The second-order valence-electron chi connectivity index (χ2n) is 8.37. The first-order valence-electron chi connectivity index (χ1n) is 11.2. The summed E-state index contributed by atoms with van der Waals surface area (Å²) in [6.07, 6.45) is 4.57. The highest BCUT2D eigenvalue weighted by Gasteiger charge is 2.16. The number of carbonyl (C=O) groups excluding carboxylic acids is 1. The molecule has 0 spiro atoms. The lowest BCUT2D eigenvalue weighted by molar-refractivity contribution is 0.102. The maximum Gasteiger partial charge on any atom is 0.274 e. The lowest BCUT2D eigenvalue weighted by Gasteiger charge is -2.27. The molecule has 0 bridgehead atoms. The van der Waals surface area contributed by atoms with E-state index in [0.717, 1.165) is 55.9 Å². The highest BCUT2D eigenvalue weighted by atomic mass is 16.5. The second kappa shape index (κ2) is 9.13. The van der Waals surface area contributed by atoms with E-state index in [1.165, 1.54) is 5.56 Å². The Kier molecular flexibility index (Phi) is 5.89. The van der Waals surface area contributed by atoms with Crippen molar-refractivity contribution in [2.24, 2.45) is 0 Å². The minimum Gasteiger partial charge on any atom is -0.339 e. The van der Waals surface area contributed by atoms with Crippen LogP contribution in [0.3, 0.4) is 0 Å². The van der Waals surface area contributed by atoms with Gasteiger partial charge in [-0.2, -0.15) is 4.98 Å². The zero-order valence-electron chi connectivity index (χ0n) is 18.8. The fourth-order valence-electron chi connectivity index (χ4n) is 4.06. The summed E-state index contributed by atoms with van der Waals surface area (Å²) in [6.45, 7) is 8.92. The zero-order valence-corrected chi connectivity index (χ0v) is 18.8. The number of carbonyl (C=O) groups is 1. The van der Waals surface area contributed by atoms with E-state index in [1.807, 2.05) is 41.8 Å². The number of hydrogen-bond donors (Lipinski definition) is 2. The van der Waals surface area contributed by atoms with E-state index in [2.05, 4.69) is 36.7 Å². The molecule has 1 fully saturated rings. The molecule has 1 aliphatic heterocycles. The van der Waals surface area contributed by atoms with Crippen LogP contribution in [-0.4, -0.2) is 63.1 Å². The van der Waals surface area contributed by atoms with Gasteiger partial charge in [0.25, 0.3) is 5.91 Å². The number of nitrogens with one attached hydrogen (secondary N) is 2. The van der Waals surface area contributed by atoms with Crippen molar-refractivity contribution < 1.29 is 9.32 Å². The van der Waals surface area contributed by atoms with Gasteiger partial charge in [-0.3, -0.25) is 9.20 Å². The van der Waals surface area contributed by atoms with Gasteiger partial charge in [0.15, 0.2) is 0 Å². The largest absolute Gasteiger partial charge is 0.339 e.